The first-order chi connectivity index (χ1) is 26.6. The van der Waals surface area contributed by atoms with Crippen molar-refractivity contribution in [3.05, 3.63) is 181 Å². The number of rotatable bonds is 6. The summed E-state index contributed by atoms with van der Waals surface area (Å²) in [5, 5.41) is 15.4. The molecule has 0 spiro atoms. The molecule has 0 atom stereocenters. The lowest BCUT2D eigenvalue weighted by Gasteiger charge is -2.31. The molecule has 0 aliphatic rings. The quantitative estimate of drug-likeness (QED) is 0.161. The van der Waals surface area contributed by atoms with E-state index in [1.54, 1.807) is 0 Å². The lowest BCUT2D eigenvalue weighted by Crippen LogP contribution is -2.18. The van der Waals surface area contributed by atoms with Crippen LogP contribution in [-0.4, -0.2) is 4.57 Å². The fraction of sp³-hybridized carbons (Fsp3) is 0.0588. The highest BCUT2D eigenvalue weighted by Crippen LogP contribution is 2.50. The highest BCUT2D eigenvalue weighted by atomic mass is 15.3. The number of hydrogen-bond acceptors (Lipinski definition) is 2. The van der Waals surface area contributed by atoms with Crippen LogP contribution in [0.1, 0.15) is 11.1 Å². The zero-order chi connectivity index (χ0) is 36.1. The Bertz CT molecular complexity index is 2950. The van der Waals surface area contributed by atoms with Crippen LogP contribution in [0.15, 0.2) is 170 Å². The van der Waals surface area contributed by atoms with E-state index >= 15 is 0 Å². The molecule has 0 bridgehead atoms. The smallest absolute Gasteiger partial charge is 0.122 e. The monoisotopic (exact) mass is 691 g/mol. The van der Waals surface area contributed by atoms with Crippen molar-refractivity contribution in [3.8, 4) is 0 Å². The minimum absolute atomic E-state index is 1.12. The molecule has 54 heavy (non-hydrogen) atoms. The molecule has 0 saturated heterocycles. The van der Waals surface area contributed by atoms with Gasteiger partial charge in [-0.25, -0.2) is 0 Å². The van der Waals surface area contributed by atoms with E-state index in [4.69, 9.17) is 0 Å². The maximum atomic E-state index is 2.48. The van der Waals surface area contributed by atoms with Gasteiger partial charge in [0.05, 0.1) is 11.4 Å². The molecular weight excluding hydrogens is 655 g/mol. The molecule has 1 heterocycles. The highest BCUT2D eigenvalue weighted by molar-refractivity contribution is 6.27. The third kappa shape index (κ3) is 4.30. The molecule has 11 aromatic rings. The Morgan fingerprint density at radius 1 is 0.333 bits per heavy atom. The van der Waals surface area contributed by atoms with Crippen LogP contribution in [0, 0.1) is 13.8 Å². The second-order valence-corrected chi connectivity index (χ2v) is 14.7. The topological polar surface area (TPSA) is 11.4 Å². The van der Waals surface area contributed by atoms with Crippen molar-refractivity contribution in [1.29, 1.82) is 0 Å². The second kappa shape index (κ2) is 11.6. The molecule has 256 valence electrons. The number of aromatic nitrogens is 1. The van der Waals surface area contributed by atoms with Gasteiger partial charge in [0.25, 0.3) is 0 Å². The van der Waals surface area contributed by atoms with Crippen LogP contribution >= 0.6 is 0 Å². The maximum Gasteiger partial charge on any atom is 0.122 e. The second-order valence-electron chi connectivity index (χ2n) is 14.7. The van der Waals surface area contributed by atoms with E-state index < -0.39 is 0 Å². The van der Waals surface area contributed by atoms with Crippen molar-refractivity contribution in [2.75, 3.05) is 9.80 Å². The van der Waals surface area contributed by atoms with Gasteiger partial charge in [-0.15, -0.1) is 0 Å². The Morgan fingerprint density at radius 2 is 0.667 bits per heavy atom. The van der Waals surface area contributed by atoms with Crippen molar-refractivity contribution in [1.82, 2.24) is 4.57 Å². The predicted molar refractivity (Wildman–Crippen MR) is 232 cm³/mol. The van der Waals surface area contributed by atoms with Crippen molar-refractivity contribution in [2.45, 2.75) is 13.8 Å². The van der Waals surface area contributed by atoms with Gasteiger partial charge >= 0.3 is 0 Å². The number of nitrogens with zero attached hydrogens (tertiary/aromatic N) is 3. The molecule has 0 radical (unpaired) electrons. The zero-order valence-corrected chi connectivity index (χ0v) is 30.5. The summed E-state index contributed by atoms with van der Waals surface area (Å²) in [6, 6.07) is 62.5. The number of anilines is 6. The summed E-state index contributed by atoms with van der Waals surface area (Å²) in [6.45, 7) is 4.57. The van der Waals surface area contributed by atoms with Gasteiger partial charge in [-0.05, 0) is 115 Å². The summed E-state index contributed by atoms with van der Waals surface area (Å²) in [7, 11) is 2.24. The molecular formula is C51H37N3. The summed E-state index contributed by atoms with van der Waals surface area (Å²) in [6.07, 6.45) is 0. The first kappa shape index (κ1) is 30.8. The molecule has 0 aliphatic carbocycles. The summed E-state index contributed by atoms with van der Waals surface area (Å²) >= 11 is 0. The largest absolute Gasteiger partial charge is 0.316 e. The molecule has 0 saturated carbocycles. The van der Waals surface area contributed by atoms with E-state index in [0.717, 1.165) is 34.4 Å². The van der Waals surface area contributed by atoms with Gasteiger partial charge in [0.2, 0.25) is 0 Å². The van der Waals surface area contributed by atoms with Crippen LogP contribution < -0.4 is 9.80 Å². The van der Waals surface area contributed by atoms with Crippen LogP contribution in [0.4, 0.5) is 34.4 Å². The summed E-state index contributed by atoms with van der Waals surface area (Å²) < 4.78 is 2.42. The van der Waals surface area contributed by atoms with Gasteiger partial charge in [-0.2, -0.15) is 0 Å². The van der Waals surface area contributed by atoms with E-state index in [-0.39, 0.29) is 0 Å². The van der Waals surface area contributed by atoms with Crippen molar-refractivity contribution < 1.29 is 0 Å². The van der Waals surface area contributed by atoms with E-state index in [9.17, 15) is 0 Å². The van der Waals surface area contributed by atoms with E-state index in [1.807, 2.05) is 0 Å². The van der Waals surface area contributed by atoms with Gasteiger partial charge in [0.15, 0.2) is 0 Å². The van der Waals surface area contributed by atoms with Crippen LogP contribution in [0.2, 0.25) is 0 Å². The summed E-state index contributed by atoms with van der Waals surface area (Å²) in [4.78, 5) is 4.95. The maximum absolute atomic E-state index is 2.48. The van der Waals surface area contributed by atoms with E-state index in [0.29, 0.717) is 0 Å². The van der Waals surface area contributed by atoms with Crippen molar-refractivity contribution in [3.63, 3.8) is 0 Å². The molecule has 0 fully saturated rings. The van der Waals surface area contributed by atoms with Crippen LogP contribution in [0.25, 0.3) is 64.6 Å². The molecule has 0 N–H and O–H groups in total. The Kier molecular flexibility index (Phi) is 6.60. The molecule has 0 aliphatic heterocycles. The van der Waals surface area contributed by atoms with Gasteiger partial charge < -0.3 is 4.57 Å². The zero-order valence-electron chi connectivity index (χ0n) is 30.5. The van der Waals surface area contributed by atoms with Crippen molar-refractivity contribution in [2.24, 2.45) is 7.05 Å². The third-order valence-corrected chi connectivity index (χ3v) is 11.8. The van der Waals surface area contributed by atoms with Crippen LogP contribution in [-0.2, 0) is 7.05 Å². The minimum Gasteiger partial charge on any atom is -0.316 e. The lowest BCUT2D eigenvalue weighted by molar-refractivity contribution is 0.897. The highest BCUT2D eigenvalue weighted by Gasteiger charge is 2.29. The molecule has 3 nitrogen and oxygen atoms in total. The normalized spacial score (nSPS) is 12.0. The third-order valence-electron chi connectivity index (χ3n) is 11.8. The fourth-order valence-electron chi connectivity index (χ4n) is 9.31. The average molecular weight is 692 g/mol. The Balaban J connectivity index is 1.20. The van der Waals surface area contributed by atoms with Crippen LogP contribution in [0.3, 0.4) is 0 Å². The molecule has 0 amide bonds. The molecule has 1 aromatic heterocycles. The molecule has 11 rings (SSSR count). The standard InChI is InChI=1S/C51H37N3/c1-32-33(2)51(54(41-18-8-5-9-19-41)45-31-27-39-23-21-35-13-11-15-37-25-29-43(45)49(39)47(35)37)52(3)50(32)53(40-16-6-4-7-17-40)44-30-26-38-22-20-34-12-10-14-36-24-28-42(44)48(38)46(34)36/h4-31H,1-3H3. The van der Waals surface area contributed by atoms with E-state index in [1.165, 1.54) is 75.8 Å². The Morgan fingerprint density at radius 3 is 1.06 bits per heavy atom. The average Bonchev–Trinajstić information content (AvgIpc) is 3.43. The predicted octanol–water partition coefficient (Wildman–Crippen LogP) is 14.4. The van der Waals surface area contributed by atoms with Gasteiger partial charge in [-0.3, -0.25) is 9.80 Å². The van der Waals surface area contributed by atoms with Gasteiger partial charge in [-0.1, -0.05) is 133 Å². The number of benzene rings is 10. The Labute approximate surface area is 314 Å². The van der Waals surface area contributed by atoms with Crippen molar-refractivity contribution >= 4 is 99.0 Å². The molecule has 10 aromatic carbocycles. The molecule has 0 unspecified atom stereocenters. The number of para-hydroxylation sites is 2. The SMILES string of the molecule is Cc1c(C)c(N(c2ccccc2)c2ccc3ccc4cccc5ccc2c3c45)n(C)c1N(c1ccccc1)c1ccc2ccc3cccc4ccc1c2c34. The van der Waals surface area contributed by atoms with Gasteiger partial charge in [0.1, 0.15) is 11.6 Å². The minimum atomic E-state index is 1.12. The first-order valence-electron chi connectivity index (χ1n) is 18.8. The first-order valence-corrected chi connectivity index (χ1v) is 18.8. The van der Waals surface area contributed by atoms with Crippen LogP contribution in [0.5, 0.6) is 0 Å². The number of hydrogen-bond donors (Lipinski definition) is 0. The summed E-state index contributed by atoms with van der Waals surface area (Å²) in [5.41, 5.74) is 7.04. The summed E-state index contributed by atoms with van der Waals surface area (Å²) in [5.74, 6) is 2.28. The lowest BCUT2D eigenvalue weighted by atomic mass is 9.93. The molecule has 3 heteroatoms. The fourth-order valence-corrected chi connectivity index (χ4v) is 9.31. The van der Waals surface area contributed by atoms with E-state index in [2.05, 4.69) is 205 Å². The van der Waals surface area contributed by atoms with Gasteiger partial charge in [0, 0.05) is 29.2 Å². The Hall–Kier alpha value is -6.84.